The van der Waals surface area contributed by atoms with E-state index in [0.29, 0.717) is 0 Å². The second-order valence-corrected chi connectivity index (χ2v) is 16.9. The van der Waals surface area contributed by atoms with Gasteiger partial charge in [-0.1, -0.05) is 45.7 Å². The zero-order valence-corrected chi connectivity index (χ0v) is 31.6. The fourth-order valence-electron chi connectivity index (χ4n) is 3.92. The first-order valence-corrected chi connectivity index (χ1v) is 20.3. The van der Waals surface area contributed by atoms with Gasteiger partial charge in [-0.25, -0.2) is 0 Å². The lowest BCUT2D eigenvalue weighted by Gasteiger charge is -2.12. The van der Waals surface area contributed by atoms with Crippen LogP contribution in [0.1, 0.15) is 25.0 Å². The van der Waals surface area contributed by atoms with Crippen LogP contribution in [0.3, 0.4) is 0 Å². The molecular weight excluding hydrogens is 765 g/mol. The van der Waals surface area contributed by atoms with Crippen LogP contribution in [-0.4, -0.2) is 59.3 Å². The van der Waals surface area contributed by atoms with E-state index in [0.717, 1.165) is 47.5 Å². The summed E-state index contributed by atoms with van der Waals surface area (Å²) in [4.78, 5) is -1.23. The van der Waals surface area contributed by atoms with Crippen LogP contribution < -0.4 is 17.8 Å². The second-order valence-electron chi connectivity index (χ2n) is 10.7. The minimum atomic E-state index is -4.62. The molecule has 4 aromatic rings. The number of hydrogen-bond donors (Lipinski definition) is 0. The fourth-order valence-corrected chi connectivity index (χ4v) is 7.36. The number of ether oxygens (including phenoxy) is 2. The van der Waals surface area contributed by atoms with Crippen molar-refractivity contribution in [3.63, 3.8) is 0 Å². The smallest absolute Gasteiger partial charge is 0.358 e. The quantitative estimate of drug-likeness (QED) is 0.0904. The van der Waals surface area contributed by atoms with E-state index in [2.05, 4.69) is 10.3 Å². The van der Waals surface area contributed by atoms with Gasteiger partial charge in [0.1, 0.15) is 31.0 Å². The highest BCUT2D eigenvalue weighted by atomic mass is 32.2. The molecule has 0 aliphatic heterocycles. The Kier molecular flexibility index (Phi) is 11.9. The van der Waals surface area contributed by atoms with Gasteiger partial charge in [0, 0.05) is 12.1 Å². The summed E-state index contributed by atoms with van der Waals surface area (Å²) in [6.07, 6.45) is 0. The van der Waals surface area contributed by atoms with Crippen molar-refractivity contribution in [2.75, 3.05) is 14.2 Å². The topological polar surface area (TPSA) is 217 Å². The van der Waals surface area contributed by atoms with E-state index in [1.54, 1.807) is 38.1 Å². The number of aryl methyl sites for hydroxylation is 2. The standard InChI is InChI=1S/C32H32N2O14S4/c1-21-7-11-25(12-8-21)49(35,36)45-29-17-15-27(19-31(29)43-5)51(39,40)47-33-23(3)24(4)34-48-52(41,42)28-16-18-30(32(20-28)44-6)46-50(37,38)26-13-9-22(2)10-14-26/h7-20H,1-6H3. The summed E-state index contributed by atoms with van der Waals surface area (Å²) in [6.45, 7) is 6.06. The van der Waals surface area contributed by atoms with Gasteiger partial charge in [-0.15, -0.1) is 0 Å². The molecule has 0 aromatic heterocycles. The Morgan fingerprint density at radius 3 is 1.06 bits per heavy atom. The molecule has 0 N–H and O–H groups in total. The highest BCUT2D eigenvalue weighted by Gasteiger charge is 2.25. The largest absolute Gasteiger partial charge is 0.493 e. The van der Waals surface area contributed by atoms with Crippen LogP contribution in [0.15, 0.2) is 115 Å². The predicted octanol–water partition coefficient (Wildman–Crippen LogP) is 4.72. The molecule has 52 heavy (non-hydrogen) atoms. The lowest BCUT2D eigenvalue weighted by molar-refractivity contribution is 0.333. The second kappa shape index (κ2) is 15.6. The summed E-state index contributed by atoms with van der Waals surface area (Å²) in [5.74, 6) is -1.09. The summed E-state index contributed by atoms with van der Waals surface area (Å²) in [7, 11) is -15.5. The van der Waals surface area contributed by atoms with Crippen LogP contribution in [0.4, 0.5) is 0 Å². The third kappa shape index (κ3) is 9.57. The molecule has 0 atom stereocenters. The Morgan fingerprint density at radius 2 is 0.750 bits per heavy atom. The molecule has 0 heterocycles. The summed E-state index contributed by atoms with van der Waals surface area (Å²) in [6, 6.07) is 17.8. The van der Waals surface area contributed by atoms with Crippen LogP contribution in [0.2, 0.25) is 0 Å². The molecule has 0 spiro atoms. The molecule has 0 fully saturated rings. The lowest BCUT2D eigenvalue weighted by Crippen LogP contribution is -2.13. The Balaban J connectivity index is 1.46. The number of rotatable bonds is 15. The van der Waals surface area contributed by atoms with Crippen LogP contribution in [-0.2, 0) is 49.0 Å². The van der Waals surface area contributed by atoms with Gasteiger partial charge in [0.15, 0.2) is 23.0 Å². The van der Waals surface area contributed by atoms with Gasteiger partial charge < -0.3 is 17.8 Å². The van der Waals surface area contributed by atoms with Crippen molar-refractivity contribution < 1.29 is 60.1 Å². The van der Waals surface area contributed by atoms with E-state index in [1.807, 2.05) is 0 Å². The number of methoxy groups -OCH3 is 2. The predicted molar refractivity (Wildman–Crippen MR) is 187 cm³/mol. The molecule has 16 nitrogen and oxygen atoms in total. The van der Waals surface area contributed by atoms with Gasteiger partial charge in [0.25, 0.3) is 0 Å². The first kappa shape index (κ1) is 39.6. The summed E-state index contributed by atoms with van der Waals surface area (Å²) in [5.41, 5.74) is 1.23. The molecule has 0 unspecified atom stereocenters. The van der Waals surface area contributed by atoms with Crippen molar-refractivity contribution in [2.24, 2.45) is 10.3 Å². The van der Waals surface area contributed by atoms with Crippen molar-refractivity contribution >= 4 is 51.9 Å². The molecule has 0 saturated heterocycles. The molecule has 0 radical (unpaired) electrons. The minimum Gasteiger partial charge on any atom is -0.493 e. The van der Waals surface area contributed by atoms with Crippen molar-refractivity contribution in [3.05, 3.63) is 96.1 Å². The van der Waals surface area contributed by atoms with Crippen LogP contribution in [0, 0.1) is 13.8 Å². The van der Waals surface area contributed by atoms with Gasteiger partial charge in [0.2, 0.25) is 0 Å². The minimum absolute atomic E-state index is 0.131. The molecule has 4 rings (SSSR count). The van der Waals surface area contributed by atoms with E-state index < -0.39 is 50.3 Å². The molecule has 4 aromatic carbocycles. The first-order chi connectivity index (χ1) is 24.3. The molecule has 0 aliphatic carbocycles. The van der Waals surface area contributed by atoms with Gasteiger partial charge in [0.05, 0.1) is 14.2 Å². The normalized spacial score (nSPS) is 12.9. The molecular formula is C32H32N2O14S4. The van der Waals surface area contributed by atoms with Crippen LogP contribution in [0.5, 0.6) is 23.0 Å². The van der Waals surface area contributed by atoms with Crippen molar-refractivity contribution in [1.82, 2.24) is 0 Å². The Hall–Kier alpha value is -5.18. The van der Waals surface area contributed by atoms with E-state index in [9.17, 15) is 33.7 Å². The molecule has 278 valence electrons. The number of benzene rings is 4. The number of oxime groups is 2. The van der Waals surface area contributed by atoms with Crippen molar-refractivity contribution in [3.8, 4) is 23.0 Å². The lowest BCUT2D eigenvalue weighted by atomic mass is 10.2. The average molecular weight is 797 g/mol. The molecule has 0 saturated carbocycles. The summed E-state index contributed by atoms with van der Waals surface area (Å²) >= 11 is 0. The van der Waals surface area contributed by atoms with Gasteiger partial charge in [-0.05, 0) is 76.2 Å². The van der Waals surface area contributed by atoms with E-state index in [-0.39, 0.29) is 44.2 Å². The SMILES string of the molecule is COc1cc(S(=O)(=O)ON=C(C)C(C)=NOS(=O)(=O)c2ccc(OS(=O)(=O)c3ccc(C)cc3)c(OC)c2)ccc1OS(=O)(=O)c1ccc(C)cc1. The maximum atomic E-state index is 12.9. The maximum Gasteiger partial charge on any atom is 0.358 e. The summed E-state index contributed by atoms with van der Waals surface area (Å²) in [5, 5.41) is 6.99. The number of hydrogen-bond acceptors (Lipinski definition) is 16. The monoisotopic (exact) mass is 796 g/mol. The van der Waals surface area contributed by atoms with E-state index in [1.165, 1.54) is 52.3 Å². The van der Waals surface area contributed by atoms with Crippen molar-refractivity contribution in [2.45, 2.75) is 47.3 Å². The zero-order chi connectivity index (χ0) is 38.5. The van der Waals surface area contributed by atoms with Crippen LogP contribution >= 0.6 is 0 Å². The van der Waals surface area contributed by atoms with E-state index in [4.69, 9.17) is 26.4 Å². The van der Waals surface area contributed by atoms with Gasteiger partial charge >= 0.3 is 40.5 Å². The third-order valence-electron chi connectivity index (χ3n) is 6.93. The first-order valence-electron chi connectivity index (χ1n) is 14.6. The van der Waals surface area contributed by atoms with Gasteiger partial charge in [-0.2, -0.15) is 33.7 Å². The third-order valence-corrected chi connectivity index (χ3v) is 11.6. The van der Waals surface area contributed by atoms with Crippen molar-refractivity contribution in [1.29, 1.82) is 0 Å². The molecule has 0 aliphatic rings. The number of nitrogens with zero attached hydrogens (tertiary/aromatic N) is 2. The maximum absolute atomic E-state index is 12.9. The van der Waals surface area contributed by atoms with Crippen LogP contribution in [0.25, 0.3) is 0 Å². The molecule has 20 heteroatoms. The Labute approximate surface area is 301 Å². The van der Waals surface area contributed by atoms with E-state index >= 15 is 0 Å². The molecule has 0 amide bonds. The Morgan fingerprint density at radius 1 is 0.442 bits per heavy atom. The highest BCUT2D eigenvalue weighted by Crippen LogP contribution is 2.34. The van der Waals surface area contributed by atoms with Gasteiger partial charge in [-0.3, -0.25) is 8.57 Å². The average Bonchev–Trinajstić information content (AvgIpc) is 3.09. The Bertz CT molecular complexity index is 2290. The fraction of sp³-hybridized carbons (Fsp3) is 0.188. The zero-order valence-electron chi connectivity index (χ0n) is 28.3. The highest BCUT2D eigenvalue weighted by molar-refractivity contribution is 7.87. The summed E-state index contributed by atoms with van der Waals surface area (Å²) < 4.78 is 132. The molecule has 0 bridgehead atoms.